The van der Waals surface area contributed by atoms with E-state index in [4.69, 9.17) is 14.2 Å². The fraction of sp³-hybridized carbons (Fsp3) is 0.111. The molecule has 0 saturated heterocycles. The smallest absolute Gasteiger partial charge is 0.363 e. The summed E-state index contributed by atoms with van der Waals surface area (Å²) in [5, 5.41) is 11.4. The van der Waals surface area contributed by atoms with Gasteiger partial charge in [0.15, 0.2) is 17.2 Å². The lowest BCUT2D eigenvalue weighted by atomic mass is 10.1. The van der Waals surface area contributed by atoms with Crippen LogP contribution in [0.2, 0.25) is 0 Å². The summed E-state index contributed by atoms with van der Waals surface area (Å²) < 4.78 is 16.2. The molecule has 1 aliphatic heterocycles. The van der Waals surface area contributed by atoms with E-state index in [0.29, 0.717) is 5.56 Å². The molecule has 0 radical (unpaired) electrons. The zero-order chi connectivity index (χ0) is 19.6. The Hall–Kier alpha value is -3.20. The van der Waals surface area contributed by atoms with Gasteiger partial charge in [-0.2, -0.15) is 0 Å². The van der Waals surface area contributed by atoms with Crippen LogP contribution in [-0.2, 0) is 9.53 Å². The molecule has 0 saturated carbocycles. The number of hydrogen-bond donors (Lipinski definition) is 0. The van der Waals surface area contributed by atoms with Gasteiger partial charge in [-0.15, -0.1) is 0 Å². The van der Waals surface area contributed by atoms with Gasteiger partial charge in [-0.05, 0) is 30.3 Å². The number of cyclic esters (lactones) is 1. The number of carbonyl (C=O) groups excluding carboxylic acids is 1. The van der Waals surface area contributed by atoms with Crippen molar-refractivity contribution in [2.24, 2.45) is 4.99 Å². The lowest BCUT2D eigenvalue weighted by molar-refractivity contribution is -0.385. The molecule has 1 aliphatic rings. The highest BCUT2D eigenvalue weighted by Crippen LogP contribution is 2.36. The van der Waals surface area contributed by atoms with E-state index in [2.05, 4.69) is 20.9 Å². The average Bonchev–Trinajstić information content (AvgIpc) is 3.01. The quantitative estimate of drug-likeness (QED) is 0.309. The standard InChI is InChI=1S/C18H13BrN2O6/c1-25-15-8-11(14(21(23)24)9-16(15)26-2)7-13-18(22)27-17(20-13)10-4-3-5-12(19)6-10/h3-9H,1-2H3/b13-7-. The van der Waals surface area contributed by atoms with Crippen molar-refractivity contribution in [1.29, 1.82) is 0 Å². The van der Waals surface area contributed by atoms with Crippen LogP contribution in [0.1, 0.15) is 11.1 Å². The summed E-state index contributed by atoms with van der Waals surface area (Å²) in [6.45, 7) is 0. The van der Waals surface area contributed by atoms with Crippen molar-refractivity contribution < 1.29 is 23.9 Å². The third-order valence-corrected chi connectivity index (χ3v) is 4.21. The second-order valence-electron chi connectivity index (χ2n) is 5.37. The maximum atomic E-state index is 12.2. The maximum Gasteiger partial charge on any atom is 0.363 e. The predicted molar refractivity (Wildman–Crippen MR) is 101 cm³/mol. The Kier molecular flexibility index (Phi) is 5.22. The Morgan fingerprint density at radius 1 is 1.19 bits per heavy atom. The molecule has 2 aromatic rings. The van der Waals surface area contributed by atoms with E-state index >= 15 is 0 Å². The van der Waals surface area contributed by atoms with E-state index in [1.807, 2.05) is 6.07 Å². The minimum atomic E-state index is -0.700. The van der Waals surface area contributed by atoms with Crippen molar-refractivity contribution in [2.45, 2.75) is 0 Å². The lowest BCUT2D eigenvalue weighted by Crippen LogP contribution is -2.05. The fourth-order valence-electron chi connectivity index (χ4n) is 2.46. The molecule has 138 valence electrons. The monoisotopic (exact) mass is 432 g/mol. The number of esters is 1. The number of hydrogen-bond acceptors (Lipinski definition) is 7. The molecule has 0 amide bonds. The summed E-state index contributed by atoms with van der Waals surface area (Å²) in [4.78, 5) is 27.1. The minimum Gasteiger partial charge on any atom is -0.493 e. The van der Waals surface area contributed by atoms with Gasteiger partial charge in [0.2, 0.25) is 5.90 Å². The van der Waals surface area contributed by atoms with E-state index in [9.17, 15) is 14.9 Å². The first kappa shape index (κ1) is 18.6. The predicted octanol–water partition coefficient (Wildman–Crippen LogP) is 3.72. The van der Waals surface area contributed by atoms with Gasteiger partial charge in [0.05, 0.1) is 30.8 Å². The number of ether oxygens (including phenoxy) is 3. The lowest BCUT2D eigenvalue weighted by Gasteiger charge is -2.08. The molecule has 0 unspecified atom stereocenters. The van der Waals surface area contributed by atoms with Crippen LogP contribution in [0.3, 0.4) is 0 Å². The topological polar surface area (TPSA) is 100 Å². The van der Waals surface area contributed by atoms with Gasteiger partial charge in [-0.25, -0.2) is 9.79 Å². The molecule has 0 spiro atoms. The number of rotatable bonds is 5. The average molecular weight is 433 g/mol. The molecule has 0 fully saturated rings. The first-order valence-electron chi connectivity index (χ1n) is 7.62. The SMILES string of the molecule is COc1cc(/C=C2\N=C(c3cccc(Br)c3)OC2=O)c([N+](=O)[O-])cc1OC. The van der Waals surface area contributed by atoms with Crippen LogP contribution in [0.5, 0.6) is 11.5 Å². The Morgan fingerprint density at radius 2 is 1.89 bits per heavy atom. The van der Waals surface area contributed by atoms with Gasteiger partial charge in [-0.3, -0.25) is 10.1 Å². The van der Waals surface area contributed by atoms with Crippen molar-refractivity contribution >= 4 is 39.6 Å². The van der Waals surface area contributed by atoms with Crippen molar-refractivity contribution in [1.82, 2.24) is 0 Å². The number of nitro benzene ring substituents is 1. The molecule has 0 aliphatic carbocycles. The highest BCUT2D eigenvalue weighted by Gasteiger charge is 2.26. The van der Waals surface area contributed by atoms with Crippen LogP contribution in [0.4, 0.5) is 5.69 Å². The second kappa shape index (κ2) is 7.58. The minimum absolute atomic E-state index is 0.0553. The molecule has 0 atom stereocenters. The first-order valence-corrected chi connectivity index (χ1v) is 8.41. The summed E-state index contributed by atoms with van der Waals surface area (Å²) in [6.07, 6.45) is 1.29. The highest BCUT2D eigenvalue weighted by atomic mass is 79.9. The van der Waals surface area contributed by atoms with Gasteiger partial charge in [0.1, 0.15) is 0 Å². The molecule has 0 bridgehead atoms. The van der Waals surface area contributed by atoms with E-state index in [1.165, 1.54) is 32.4 Å². The number of aliphatic imine (C=N–C) groups is 1. The van der Waals surface area contributed by atoms with Crippen LogP contribution in [0, 0.1) is 10.1 Å². The number of benzene rings is 2. The maximum absolute atomic E-state index is 12.2. The van der Waals surface area contributed by atoms with Crippen molar-refractivity contribution in [2.75, 3.05) is 14.2 Å². The van der Waals surface area contributed by atoms with Crippen LogP contribution >= 0.6 is 15.9 Å². The van der Waals surface area contributed by atoms with Crippen molar-refractivity contribution in [3.05, 3.63) is 67.8 Å². The zero-order valence-electron chi connectivity index (χ0n) is 14.3. The first-order chi connectivity index (χ1) is 12.9. The summed E-state index contributed by atoms with van der Waals surface area (Å²) in [5.41, 5.74) is 0.436. The van der Waals surface area contributed by atoms with E-state index < -0.39 is 10.9 Å². The molecule has 1 heterocycles. The Bertz CT molecular complexity index is 999. The second-order valence-corrected chi connectivity index (χ2v) is 6.29. The van der Waals surface area contributed by atoms with Crippen molar-refractivity contribution in [3.8, 4) is 11.5 Å². The molecule has 0 aromatic heterocycles. The number of carbonyl (C=O) groups is 1. The van der Waals surface area contributed by atoms with Crippen molar-refractivity contribution in [3.63, 3.8) is 0 Å². The molecule has 27 heavy (non-hydrogen) atoms. The Morgan fingerprint density at radius 3 is 2.52 bits per heavy atom. The van der Waals surface area contributed by atoms with E-state index in [0.717, 1.165) is 4.47 Å². The molecule has 2 aromatic carbocycles. The molecule has 9 heteroatoms. The van der Waals surface area contributed by atoms with Gasteiger partial charge < -0.3 is 14.2 Å². The van der Waals surface area contributed by atoms with Gasteiger partial charge in [0, 0.05) is 10.0 Å². The normalized spacial score (nSPS) is 14.7. The van der Waals surface area contributed by atoms with Crippen LogP contribution in [0.15, 0.2) is 51.6 Å². The molecular weight excluding hydrogens is 420 g/mol. The third-order valence-electron chi connectivity index (χ3n) is 3.71. The molecule has 0 N–H and O–H groups in total. The summed E-state index contributed by atoms with van der Waals surface area (Å²) >= 11 is 3.34. The molecule has 3 rings (SSSR count). The highest BCUT2D eigenvalue weighted by molar-refractivity contribution is 9.10. The number of halogens is 1. The summed E-state index contributed by atoms with van der Waals surface area (Å²) in [6, 6.07) is 9.71. The number of methoxy groups -OCH3 is 2. The zero-order valence-corrected chi connectivity index (χ0v) is 15.8. The van der Waals surface area contributed by atoms with Gasteiger partial charge in [-0.1, -0.05) is 22.0 Å². The summed E-state index contributed by atoms with van der Waals surface area (Å²) in [7, 11) is 2.79. The number of nitro groups is 1. The van der Waals surface area contributed by atoms with Crippen LogP contribution in [0.25, 0.3) is 6.08 Å². The Balaban J connectivity index is 2.07. The van der Waals surface area contributed by atoms with E-state index in [1.54, 1.807) is 18.2 Å². The largest absolute Gasteiger partial charge is 0.493 e. The molecule has 8 nitrogen and oxygen atoms in total. The van der Waals surface area contributed by atoms with Gasteiger partial charge in [0.25, 0.3) is 5.69 Å². The third kappa shape index (κ3) is 3.82. The summed E-state index contributed by atoms with van der Waals surface area (Å²) in [5.74, 6) is -0.0825. The Labute approximate surface area is 162 Å². The van der Waals surface area contributed by atoms with E-state index in [-0.39, 0.29) is 34.3 Å². The molecular formula is C18H13BrN2O6. The number of nitrogens with zero attached hydrogens (tertiary/aromatic N) is 2. The van der Waals surface area contributed by atoms with Gasteiger partial charge >= 0.3 is 5.97 Å². The van der Waals surface area contributed by atoms with Crippen LogP contribution in [-0.4, -0.2) is 31.0 Å². The van der Waals surface area contributed by atoms with Crippen LogP contribution < -0.4 is 9.47 Å². The fourth-order valence-corrected chi connectivity index (χ4v) is 2.86.